The zero-order chi connectivity index (χ0) is 18.5. The Morgan fingerprint density at radius 2 is 1.79 bits per heavy atom. The molecule has 2 unspecified atom stereocenters. The monoisotopic (exact) mass is 353 g/mol. The van der Waals surface area contributed by atoms with Crippen molar-refractivity contribution >= 4 is 16.0 Å². The lowest BCUT2D eigenvalue weighted by Crippen LogP contribution is -2.50. The number of rotatable bonds is 7. The summed E-state index contributed by atoms with van der Waals surface area (Å²) in [6.07, 6.45) is 2.04. The van der Waals surface area contributed by atoms with Crippen LogP contribution in [0.2, 0.25) is 0 Å². The molecule has 0 heterocycles. The summed E-state index contributed by atoms with van der Waals surface area (Å²) in [5, 5.41) is 2.69. The first-order valence-electron chi connectivity index (χ1n) is 7.92. The summed E-state index contributed by atoms with van der Waals surface area (Å²) in [5.74, 6) is -1.01. The van der Waals surface area contributed by atoms with Gasteiger partial charge in [-0.25, -0.2) is 0 Å². The Hall–Kier alpha value is -1.66. The Bertz CT molecular complexity index is 693. The molecule has 0 spiro atoms. The first-order valence-corrected chi connectivity index (χ1v) is 9.52. The van der Waals surface area contributed by atoms with E-state index in [2.05, 4.69) is 12.2 Å². The lowest BCUT2D eigenvalue weighted by atomic mass is 9.93. The number of amides is 1. The molecule has 5 nitrogen and oxygen atoms in total. The summed E-state index contributed by atoms with van der Waals surface area (Å²) in [7, 11) is -4.16. The van der Waals surface area contributed by atoms with E-state index < -0.39 is 27.3 Å². The molecule has 0 aliphatic heterocycles. The fourth-order valence-electron chi connectivity index (χ4n) is 2.53. The van der Waals surface area contributed by atoms with Crippen LogP contribution in [-0.4, -0.2) is 30.2 Å². The summed E-state index contributed by atoms with van der Waals surface area (Å²) in [6.45, 7) is 8.86. The van der Waals surface area contributed by atoms with Crippen LogP contribution in [-0.2, 0) is 14.9 Å². The Kier molecular flexibility index (Phi) is 6.75. The fraction of sp³-hybridized carbons (Fsp3) is 0.500. The largest absolute Gasteiger partial charge is 0.350 e. The van der Waals surface area contributed by atoms with Crippen LogP contribution in [0, 0.1) is 5.92 Å². The highest BCUT2D eigenvalue weighted by Crippen LogP contribution is 2.21. The molecule has 24 heavy (non-hydrogen) atoms. The van der Waals surface area contributed by atoms with Crippen molar-refractivity contribution in [1.29, 1.82) is 0 Å². The number of hydrogen-bond acceptors (Lipinski definition) is 3. The van der Waals surface area contributed by atoms with Crippen molar-refractivity contribution in [3.05, 3.63) is 47.5 Å². The first-order chi connectivity index (χ1) is 10.9. The molecule has 0 fully saturated rings. The third kappa shape index (κ3) is 6.84. The molecule has 1 rings (SSSR count). The average molecular weight is 353 g/mol. The van der Waals surface area contributed by atoms with Crippen molar-refractivity contribution < 1.29 is 17.8 Å². The van der Waals surface area contributed by atoms with E-state index in [1.165, 1.54) is 0 Å². The molecule has 134 valence electrons. The van der Waals surface area contributed by atoms with E-state index in [0.717, 1.165) is 11.1 Å². The highest BCUT2D eigenvalue weighted by Gasteiger charge is 2.28. The van der Waals surface area contributed by atoms with Gasteiger partial charge in [0.25, 0.3) is 10.1 Å². The zero-order valence-electron chi connectivity index (χ0n) is 14.9. The molecule has 6 heteroatoms. The van der Waals surface area contributed by atoms with Crippen LogP contribution in [0.3, 0.4) is 0 Å². The molecule has 0 aromatic heterocycles. The minimum atomic E-state index is -4.16. The maximum absolute atomic E-state index is 12.4. The Labute approximate surface area is 144 Å². The topological polar surface area (TPSA) is 83.5 Å². The van der Waals surface area contributed by atoms with Gasteiger partial charge >= 0.3 is 0 Å². The summed E-state index contributed by atoms with van der Waals surface area (Å²) in [5.41, 5.74) is 1.03. The Balaban J connectivity index is 2.79. The van der Waals surface area contributed by atoms with Crippen molar-refractivity contribution in [1.82, 2.24) is 5.32 Å². The average Bonchev–Trinajstić information content (AvgIpc) is 2.43. The maximum Gasteiger partial charge on any atom is 0.267 e. The first kappa shape index (κ1) is 20.4. The highest BCUT2D eigenvalue weighted by atomic mass is 32.2. The molecule has 1 aromatic carbocycles. The molecule has 2 N–H and O–H groups in total. The molecule has 0 aliphatic carbocycles. The molecule has 1 amide bonds. The van der Waals surface area contributed by atoms with Crippen LogP contribution in [0.4, 0.5) is 0 Å². The third-order valence-corrected chi connectivity index (χ3v) is 5.01. The van der Waals surface area contributed by atoms with E-state index in [9.17, 15) is 13.2 Å². The SMILES string of the molecule is CC(=CC(C)c1ccccc1)C(C)C(=O)NC(C)(C)CS(=O)(=O)O. The molecular formula is C18H27NO4S. The third-order valence-electron chi connectivity index (χ3n) is 3.92. The second kappa shape index (κ2) is 7.94. The van der Waals surface area contributed by atoms with Crippen molar-refractivity contribution in [2.45, 2.75) is 46.1 Å². The number of benzene rings is 1. The van der Waals surface area contributed by atoms with Crippen LogP contribution in [0.1, 0.15) is 46.1 Å². The van der Waals surface area contributed by atoms with Crippen molar-refractivity contribution in [2.75, 3.05) is 5.75 Å². The summed E-state index contributed by atoms with van der Waals surface area (Å²) < 4.78 is 31.0. The van der Waals surface area contributed by atoms with E-state index in [1.54, 1.807) is 20.8 Å². The highest BCUT2D eigenvalue weighted by molar-refractivity contribution is 7.85. The minimum Gasteiger partial charge on any atom is -0.350 e. The lowest BCUT2D eigenvalue weighted by molar-refractivity contribution is -0.124. The Morgan fingerprint density at radius 1 is 1.25 bits per heavy atom. The summed E-state index contributed by atoms with van der Waals surface area (Å²) >= 11 is 0. The van der Waals surface area contributed by atoms with Crippen LogP contribution >= 0.6 is 0 Å². The predicted molar refractivity (Wildman–Crippen MR) is 96.4 cm³/mol. The van der Waals surface area contributed by atoms with Crippen molar-refractivity contribution in [3.63, 3.8) is 0 Å². The van der Waals surface area contributed by atoms with E-state index in [4.69, 9.17) is 4.55 Å². The van der Waals surface area contributed by atoms with Gasteiger partial charge in [-0.15, -0.1) is 0 Å². The molecule has 0 saturated carbocycles. The van der Waals surface area contributed by atoms with E-state index in [-0.39, 0.29) is 11.8 Å². The second-order valence-electron chi connectivity index (χ2n) is 6.93. The van der Waals surface area contributed by atoms with Gasteiger partial charge in [-0.1, -0.05) is 48.9 Å². The zero-order valence-corrected chi connectivity index (χ0v) is 15.7. The minimum absolute atomic E-state index is 0.173. The fourth-order valence-corrected chi connectivity index (χ4v) is 3.52. The smallest absolute Gasteiger partial charge is 0.267 e. The van der Waals surface area contributed by atoms with Gasteiger partial charge in [0.1, 0.15) is 0 Å². The van der Waals surface area contributed by atoms with Gasteiger partial charge in [0.2, 0.25) is 5.91 Å². The van der Waals surface area contributed by atoms with Gasteiger partial charge in [-0.3, -0.25) is 9.35 Å². The van der Waals surface area contributed by atoms with E-state index in [1.807, 2.05) is 43.3 Å². The van der Waals surface area contributed by atoms with Gasteiger partial charge in [0, 0.05) is 0 Å². The van der Waals surface area contributed by atoms with E-state index >= 15 is 0 Å². The van der Waals surface area contributed by atoms with Gasteiger partial charge in [0.05, 0.1) is 17.2 Å². The van der Waals surface area contributed by atoms with Gasteiger partial charge in [-0.05, 0) is 39.2 Å². The van der Waals surface area contributed by atoms with Crippen LogP contribution in [0.5, 0.6) is 0 Å². The molecule has 2 atom stereocenters. The predicted octanol–water partition coefficient (Wildman–Crippen LogP) is 3.16. The second-order valence-corrected chi connectivity index (χ2v) is 8.38. The van der Waals surface area contributed by atoms with Crippen LogP contribution in [0.15, 0.2) is 42.0 Å². The van der Waals surface area contributed by atoms with Gasteiger partial charge in [0.15, 0.2) is 0 Å². The molecule has 0 aliphatic rings. The number of hydrogen-bond donors (Lipinski definition) is 2. The number of carbonyl (C=O) groups excluding carboxylic acids is 1. The maximum atomic E-state index is 12.4. The van der Waals surface area contributed by atoms with Gasteiger partial charge < -0.3 is 5.32 Å². The van der Waals surface area contributed by atoms with Crippen molar-refractivity contribution in [2.24, 2.45) is 5.92 Å². The standard InChI is InChI=1S/C18H27NO4S/c1-13(11-14(2)16-9-7-6-8-10-16)15(3)17(20)19-18(4,5)12-24(21,22)23/h6-11,14-15H,12H2,1-5H3,(H,19,20)(H,21,22,23). The summed E-state index contributed by atoms with van der Waals surface area (Å²) in [6, 6.07) is 9.98. The Morgan fingerprint density at radius 3 is 2.29 bits per heavy atom. The number of allylic oxidation sites excluding steroid dienone is 1. The normalized spacial score (nSPS) is 15.7. The molecule has 0 saturated heterocycles. The quantitative estimate of drug-likeness (QED) is 0.582. The van der Waals surface area contributed by atoms with Crippen LogP contribution in [0.25, 0.3) is 0 Å². The molecule has 0 radical (unpaired) electrons. The molecule has 0 bridgehead atoms. The number of nitrogens with one attached hydrogen (secondary N) is 1. The van der Waals surface area contributed by atoms with Gasteiger partial charge in [-0.2, -0.15) is 8.42 Å². The van der Waals surface area contributed by atoms with Crippen LogP contribution < -0.4 is 5.32 Å². The van der Waals surface area contributed by atoms with Crippen molar-refractivity contribution in [3.8, 4) is 0 Å². The molecule has 1 aromatic rings. The number of carbonyl (C=O) groups is 1. The lowest BCUT2D eigenvalue weighted by Gasteiger charge is -2.27. The summed E-state index contributed by atoms with van der Waals surface area (Å²) in [4.78, 5) is 12.4. The molecular weight excluding hydrogens is 326 g/mol. The van der Waals surface area contributed by atoms with E-state index in [0.29, 0.717) is 0 Å².